The Labute approximate surface area is 131 Å². The molecular weight excluding hydrogens is 300 g/mol. The molecule has 8 heteroatoms. The maximum Gasteiger partial charge on any atom is 0.350 e. The molecule has 0 bridgehead atoms. The average Bonchev–Trinajstić information content (AvgIpc) is 3.05. The zero-order valence-corrected chi connectivity index (χ0v) is 12.6. The number of hydrogen-bond acceptors (Lipinski definition) is 4. The predicted molar refractivity (Wildman–Crippen MR) is 81.0 cm³/mol. The van der Waals surface area contributed by atoms with Crippen LogP contribution in [0.5, 0.6) is 0 Å². The normalized spacial score (nSPS) is 16.5. The van der Waals surface area contributed by atoms with Gasteiger partial charge in [-0.3, -0.25) is 14.0 Å². The molecule has 0 aromatic carbocycles. The number of hydrogen-bond donors (Lipinski definition) is 2. The van der Waals surface area contributed by atoms with Gasteiger partial charge in [0.2, 0.25) is 5.91 Å². The maximum absolute atomic E-state index is 12.3. The topological polar surface area (TPSA) is 106 Å². The summed E-state index contributed by atoms with van der Waals surface area (Å²) in [4.78, 5) is 35.5. The smallest absolute Gasteiger partial charge is 0.350 e. The number of aromatic nitrogens is 3. The highest BCUT2D eigenvalue weighted by atomic mass is 16.4. The number of fused-ring (bicyclic) bond motifs is 1. The molecule has 2 heterocycles. The second-order valence-corrected chi connectivity index (χ2v) is 5.98. The summed E-state index contributed by atoms with van der Waals surface area (Å²) in [6.07, 6.45) is 4.56. The fourth-order valence-electron chi connectivity index (χ4n) is 3.23. The number of carbonyl (C=O) groups excluding carboxylic acids is 1. The Kier molecular flexibility index (Phi) is 3.89. The maximum atomic E-state index is 12.3. The SMILES string of the molecule is O=C(O)CC1(NC(=O)Cn2nc3ccccn3c2=O)CCCC1. The molecule has 0 saturated heterocycles. The van der Waals surface area contributed by atoms with Crippen molar-refractivity contribution in [2.24, 2.45) is 0 Å². The van der Waals surface area contributed by atoms with E-state index in [1.165, 1.54) is 4.40 Å². The first kappa shape index (κ1) is 15.3. The summed E-state index contributed by atoms with van der Waals surface area (Å²) in [5.74, 6) is -1.32. The molecule has 2 aromatic heterocycles. The van der Waals surface area contributed by atoms with Crippen LogP contribution in [0, 0.1) is 0 Å². The number of aliphatic carboxylic acids is 1. The second-order valence-electron chi connectivity index (χ2n) is 5.98. The van der Waals surface area contributed by atoms with Crippen molar-refractivity contribution < 1.29 is 14.7 Å². The van der Waals surface area contributed by atoms with Gasteiger partial charge in [0.25, 0.3) is 0 Å². The molecule has 0 unspecified atom stereocenters. The molecule has 2 aromatic rings. The summed E-state index contributed by atoms with van der Waals surface area (Å²) in [6, 6.07) is 5.14. The fourth-order valence-corrected chi connectivity index (χ4v) is 3.23. The number of carboxylic acid groups (broad SMARTS) is 1. The van der Waals surface area contributed by atoms with Crippen molar-refractivity contribution in [1.82, 2.24) is 19.5 Å². The highest BCUT2D eigenvalue weighted by Crippen LogP contribution is 2.32. The van der Waals surface area contributed by atoms with Crippen molar-refractivity contribution >= 4 is 17.5 Å². The van der Waals surface area contributed by atoms with Gasteiger partial charge >= 0.3 is 11.7 Å². The number of rotatable bonds is 5. The number of nitrogens with one attached hydrogen (secondary N) is 1. The zero-order chi connectivity index (χ0) is 16.4. The van der Waals surface area contributed by atoms with E-state index in [9.17, 15) is 14.4 Å². The summed E-state index contributed by atoms with van der Waals surface area (Å²) in [7, 11) is 0. The van der Waals surface area contributed by atoms with Crippen LogP contribution in [0.2, 0.25) is 0 Å². The van der Waals surface area contributed by atoms with Gasteiger partial charge in [0.05, 0.1) is 12.0 Å². The third kappa shape index (κ3) is 3.10. The summed E-state index contributed by atoms with van der Waals surface area (Å²) in [6.45, 7) is -0.220. The lowest BCUT2D eigenvalue weighted by Crippen LogP contribution is -2.49. The van der Waals surface area contributed by atoms with E-state index in [4.69, 9.17) is 5.11 Å². The van der Waals surface area contributed by atoms with E-state index in [0.29, 0.717) is 18.5 Å². The molecule has 1 aliphatic carbocycles. The number of pyridine rings is 1. The van der Waals surface area contributed by atoms with Gasteiger partial charge in [-0.25, -0.2) is 9.48 Å². The third-order valence-electron chi connectivity index (χ3n) is 4.24. The van der Waals surface area contributed by atoms with Crippen molar-refractivity contribution in [3.05, 3.63) is 34.9 Å². The Balaban J connectivity index is 1.76. The van der Waals surface area contributed by atoms with Gasteiger partial charge in [0, 0.05) is 6.20 Å². The molecule has 122 valence electrons. The van der Waals surface area contributed by atoms with Gasteiger partial charge < -0.3 is 10.4 Å². The average molecular weight is 318 g/mol. The minimum atomic E-state index is -0.933. The highest BCUT2D eigenvalue weighted by Gasteiger charge is 2.37. The van der Waals surface area contributed by atoms with Crippen LogP contribution in [0.25, 0.3) is 5.65 Å². The summed E-state index contributed by atoms with van der Waals surface area (Å²) < 4.78 is 2.45. The molecule has 0 atom stereocenters. The van der Waals surface area contributed by atoms with Crippen molar-refractivity contribution in [1.29, 1.82) is 0 Å². The van der Waals surface area contributed by atoms with Gasteiger partial charge in [-0.2, -0.15) is 0 Å². The molecule has 1 amide bonds. The first-order valence-corrected chi connectivity index (χ1v) is 7.56. The Morgan fingerprint density at radius 1 is 1.30 bits per heavy atom. The van der Waals surface area contributed by atoms with Crippen LogP contribution in [0.1, 0.15) is 32.1 Å². The number of amides is 1. The van der Waals surface area contributed by atoms with E-state index in [1.807, 2.05) is 0 Å². The van der Waals surface area contributed by atoms with Crippen molar-refractivity contribution in [3.8, 4) is 0 Å². The Bertz CT molecular complexity index is 801. The van der Waals surface area contributed by atoms with Crippen LogP contribution in [0.4, 0.5) is 0 Å². The van der Waals surface area contributed by atoms with Crippen LogP contribution in [-0.2, 0) is 16.1 Å². The van der Waals surface area contributed by atoms with Crippen molar-refractivity contribution in [3.63, 3.8) is 0 Å². The Morgan fingerprint density at radius 3 is 2.70 bits per heavy atom. The molecule has 0 aliphatic heterocycles. The van der Waals surface area contributed by atoms with Gasteiger partial charge in [-0.15, -0.1) is 5.10 Å². The fraction of sp³-hybridized carbons (Fsp3) is 0.467. The monoisotopic (exact) mass is 318 g/mol. The lowest BCUT2D eigenvalue weighted by atomic mass is 9.93. The standard InChI is InChI=1S/C15H18N4O4/c20-12(16-15(9-13(21)22)6-2-3-7-15)10-19-14(23)18-8-4-1-5-11(18)17-19/h1,4-5,8H,2-3,6-7,9-10H2,(H,16,20)(H,21,22). The number of nitrogens with zero attached hydrogens (tertiary/aromatic N) is 3. The van der Waals surface area contributed by atoms with Crippen molar-refractivity contribution in [2.45, 2.75) is 44.2 Å². The molecular formula is C15H18N4O4. The summed E-state index contributed by atoms with van der Waals surface area (Å²) in [5, 5.41) is 16.0. The van der Waals surface area contributed by atoms with Gasteiger partial charge in [0.15, 0.2) is 5.65 Å². The van der Waals surface area contributed by atoms with Crippen LogP contribution in [-0.4, -0.2) is 36.7 Å². The minimum absolute atomic E-state index is 0.0984. The number of carbonyl (C=O) groups is 2. The van der Waals surface area contributed by atoms with E-state index >= 15 is 0 Å². The molecule has 0 spiro atoms. The van der Waals surface area contributed by atoms with Crippen LogP contribution >= 0.6 is 0 Å². The lowest BCUT2D eigenvalue weighted by molar-refractivity contribution is -0.139. The van der Waals surface area contributed by atoms with E-state index in [-0.39, 0.29) is 13.0 Å². The van der Waals surface area contributed by atoms with Gasteiger partial charge in [-0.05, 0) is 25.0 Å². The molecule has 1 aliphatic rings. The van der Waals surface area contributed by atoms with Gasteiger partial charge in [-0.1, -0.05) is 18.9 Å². The van der Waals surface area contributed by atoms with Crippen LogP contribution in [0.15, 0.2) is 29.2 Å². The molecule has 3 rings (SSSR count). The molecule has 1 fully saturated rings. The summed E-state index contributed by atoms with van der Waals surface area (Å²) >= 11 is 0. The Morgan fingerprint density at radius 2 is 2.04 bits per heavy atom. The molecule has 0 radical (unpaired) electrons. The number of carboxylic acids is 1. The largest absolute Gasteiger partial charge is 0.481 e. The molecule has 1 saturated carbocycles. The van der Waals surface area contributed by atoms with Gasteiger partial charge in [0.1, 0.15) is 6.54 Å². The highest BCUT2D eigenvalue weighted by molar-refractivity contribution is 5.78. The van der Waals surface area contributed by atoms with E-state index in [1.54, 1.807) is 24.4 Å². The predicted octanol–water partition coefficient (Wildman–Crippen LogP) is 0.400. The first-order chi connectivity index (χ1) is 11.0. The molecule has 2 N–H and O–H groups in total. The Hall–Kier alpha value is -2.64. The van der Waals surface area contributed by atoms with Crippen LogP contribution in [0.3, 0.4) is 0 Å². The van der Waals surface area contributed by atoms with E-state index in [0.717, 1.165) is 17.5 Å². The lowest BCUT2D eigenvalue weighted by Gasteiger charge is -2.28. The molecule has 8 nitrogen and oxygen atoms in total. The third-order valence-corrected chi connectivity index (χ3v) is 4.24. The quantitative estimate of drug-likeness (QED) is 0.830. The van der Waals surface area contributed by atoms with E-state index < -0.39 is 23.1 Å². The zero-order valence-electron chi connectivity index (χ0n) is 12.6. The molecule has 23 heavy (non-hydrogen) atoms. The van der Waals surface area contributed by atoms with Crippen LogP contribution < -0.4 is 11.0 Å². The summed E-state index contributed by atoms with van der Waals surface area (Å²) in [5.41, 5.74) is -0.632. The second kappa shape index (κ2) is 5.86. The van der Waals surface area contributed by atoms with E-state index in [2.05, 4.69) is 10.4 Å². The minimum Gasteiger partial charge on any atom is -0.481 e. The van der Waals surface area contributed by atoms with Crippen molar-refractivity contribution in [2.75, 3.05) is 0 Å². The first-order valence-electron chi connectivity index (χ1n) is 7.56.